The minimum absolute atomic E-state index is 0.221. The monoisotopic (exact) mass is 179 g/mol. The lowest BCUT2D eigenvalue weighted by atomic mass is 10.2. The zero-order valence-corrected chi connectivity index (χ0v) is 6.57. The zero-order valence-electron chi connectivity index (χ0n) is 6.57. The predicted octanol–water partition coefficient (Wildman–Crippen LogP) is 1.46. The second-order valence-electron chi connectivity index (χ2n) is 2.46. The Morgan fingerprint density at radius 3 is 2.92 bits per heavy atom. The Hall–Kier alpha value is -1.91. The van der Waals surface area contributed by atoms with Crippen LogP contribution in [-0.2, 0) is 0 Å². The van der Waals surface area contributed by atoms with Crippen LogP contribution in [0.1, 0.15) is 0 Å². The maximum Gasteiger partial charge on any atom is 0.223 e. The van der Waals surface area contributed by atoms with Gasteiger partial charge in [0.1, 0.15) is 0 Å². The molecule has 0 aromatic carbocycles. The average molecular weight is 179 g/mol. The van der Waals surface area contributed by atoms with Crippen molar-refractivity contribution in [2.45, 2.75) is 0 Å². The van der Waals surface area contributed by atoms with Crippen LogP contribution in [0.3, 0.4) is 0 Å². The van der Waals surface area contributed by atoms with Gasteiger partial charge in [-0.05, 0) is 12.1 Å². The van der Waals surface area contributed by atoms with Gasteiger partial charge in [-0.2, -0.15) is 4.39 Å². The molecule has 0 saturated carbocycles. The number of pyridine rings is 1. The van der Waals surface area contributed by atoms with E-state index in [4.69, 9.17) is 10.3 Å². The van der Waals surface area contributed by atoms with Gasteiger partial charge in [-0.1, -0.05) is 5.16 Å². The second-order valence-corrected chi connectivity index (χ2v) is 2.46. The first-order valence-corrected chi connectivity index (χ1v) is 3.60. The fourth-order valence-electron chi connectivity index (χ4n) is 0.986. The Balaban J connectivity index is 2.52. The second kappa shape index (κ2) is 2.85. The summed E-state index contributed by atoms with van der Waals surface area (Å²) in [5.41, 5.74) is 5.57. The van der Waals surface area contributed by atoms with Gasteiger partial charge in [0, 0.05) is 12.3 Å². The van der Waals surface area contributed by atoms with Crippen molar-refractivity contribution in [1.29, 1.82) is 0 Å². The first-order chi connectivity index (χ1) is 6.27. The van der Waals surface area contributed by atoms with E-state index in [1.54, 1.807) is 12.1 Å². The number of nitrogens with zero attached hydrogens (tertiary/aromatic N) is 2. The molecule has 2 aromatic rings. The molecule has 2 aromatic heterocycles. The molecule has 0 amide bonds. The van der Waals surface area contributed by atoms with E-state index in [0.29, 0.717) is 0 Å². The molecule has 13 heavy (non-hydrogen) atoms. The minimum Gasteiger partial charge on any atom is -0.381 e. The van der Waals surface area contributed by atoms with Crippen LogP contribution < -0.4 is 5.73 Å². The largest absolute Gasteiger partial charge is 0.381 e. The van der Waals surface area contributed by atoms with Crippen LogP contribution in [0.15, 0.2) is 28.9 Å². The van der Waals surface area contributed by atoms with Gasteiger partial charge in [-0.25, -0.2) is 4.98 Å². The molecule has 0 aliphatic heterocycles. The summed E-state index contributed by atoms with van der Waals surface area (Å²) in [6.45, 7) is 0. The first kappa shape index (κ1) is 7.72. The van der Waals surface area contributed by atoms with Gasteiger partial charge in [0.15, 0.2) is 11.6 Å². The molecule has 0 saturated heterocycles. The van der Waals surface area contributed by atoms with E-state index in [1.165, 1.54) is 12.3 Å². The molecular formula is C8H6FN3O. The molecule has 0 unspecified atom stereocenters. The fraction of sp³-hybridized carbons (Fsp3) is 0. The highest BCUT2D eigenvalue weighted by Crippen LogP contribution is 2.22. The highest BCUT2D eigenvalue weighted by Gasteiger charge is 2.09. The Labute approximate surface area is 73.2 Å². The summed E-state index contributed by atoms with van der Waals surface area (Å²) < 4.78 is 17.8. The maximum absolute atomic E-state index is 13.0. The van der Waals surface area contributed by atoms with E-state index in [-0.39, 0.29) is 17.1 Å². The first-order valence-electron chi connectivity index (χ1n) is 3.60. The molecule has 5 heteroatoms. The van der Waals surface area contributed by atoms with Crippen molar-refractivity contribution in [2.24, 2.45) is 0 Å². The van der Waals surface area contributed by atoms with Crippen molar-refractivity contribution < 1.29 is 8.91 Å². The number of hydrogen-bond acceptors (Lipinski definition) is 4. The maximum atomic E-state index is 13.0. The van der Waals surface area contributed by atoms with Gasteiger partial charge in [-0.3, -0.25) is 0 Å². The Morgan fingerprint density at radius 1 is 1.46 bits per heavy atom. The molecule has 4 nitrogen and oxygen atoms in total. The number of hydrogen-bond donors (Lipinski definition) is 1. The molecule has 2 N–H and O–H groups in total. The third-order valence-corrected chi connectivity index (χ3v) is 1.55. The average Bonchev–Trinajstić information content (AvgIpc) is 2.53. The summed E-state index contributed by atoms with van der Waals surface area (Å²) >= 11 is 0. The molecule has 0 aliphatic rings. The topological polar surface area (TPSA) is 64.9 Å². The van der Waals surface area contributed by atoms with Crippen LogP contribution in [0.25, 0.3) is 11.3 Å². The van der Waals surface area contributed by atoms with Crippen LogP contribution in [0.4, 0.5) is 10.2 Å². The Kier molecular flexibility index (Phi) is 1.70. The summed E-state index contributed by atoms with van der Waals surface area (Å²) in [5.74, 6) is -0.0972. The van der Waals surface area contributed by atoms with Crippen molar-refractivity contribution in [3.05, 3.63) is 30.3 Å². The third-order valence-electron chi connectivity index (χ3n) is 1.55. The quantitative estimate of drug-likeness (QED) is 0.673. The lowest BCUT2D eigenvalue weighted by Crippen LogP contribution is -1.85. The van der Waals surface area contributed by atoms with Crippen LogP contribution in [0.2, 0.25) is 0 Å². The Morgan fingerprint density at radius 2 is 2.31 bits per heavy atom. The van der Waals surface area contributed by atoms with Crippen molar-refractivity contribution >= 4 is 5.82 Å². The SMILES string of the molecule is Nc1cc(-c2cccnc2F)on1. The van der Waals surface area contributed by atoms with Gasteiger partial charge in [0.2, 0.25) is 5.95 Å². The number of aromatic nitrogens is 2. The van der Waals surface area contributed by atoms with E-state index in [9.17, 15) is 4.39 Å². The summed E-state index contributed by atoms with van der Waals surface area (Å²) in [4.78, 5) is 3.47. The number of nitrogen functional groups attached to an aromatic ring is 1. The molecule has 66 valence electrons. The fourth-order valence-corrected chi connectivity index (χ4v) is 0.986. The van der Waals surface area contributed by atoms with E-state index < -0.39 is 5.95 Å². The number of halogens is 1. The van der Waals surface area contributed by atoms with Gasteiger partial charge >= 0.3 is 0 Å². The number of nitrogens with two attached hydrogens (primary N) is 1. The van der Waals surface area contributed by atoms with Gasteiger partial charge in [-0.15, -0.1) is 0 Å². The van der Waals surface area contributed by atoms with E-state index in [2.05, 4.69) is 10.1 Å². The summed E-state index contributed by atoms with van der Waals surface area (Å²) in [7, 11) is 0. The highest BCUT2D eigenvalue weighted by atomic mass is 19.1. The molecule has 2 rings (SSSR count). The van der Waals surface area contributed by atoms with Crippen molar-refractivity contribution in [2.75, 3.05) is 5.73 Å². The lowest BCUT2D eigenvalue weighted by molar-refractivity contribution is 0.432. The zero-order chi connectivity index (χ0) is 9.26. The number of rotatable bonds is 1. The molecule has 0 fully saturated rings. The Bertz CT molecular complexity index is 427. The smallest absolute Gasteiger partial charge is 0.223 e. The summed E-state index contributed by atoms with van der Waals surface area (Å²) in [6.07, 6.45) is 1.36. The van der Waals surface area contributed by atoms with Gasteiger partial charge < -0.3 is 10.3 Å². The van der Waals surface area contributed by atoms with Crippen molar-refractivity contribution in [3.8, 4) is 11.3 Å². The standard InChI is InChI=1S/C8H6FN3O/c9-8-5(2-1-3-11-8)6-4-7(10)12-13-6/h1-4H,(H2,10,12). The highest BCUT2D eigenvalue weighted by molar-refractivity contribution is 5.59. The normalized spacial score (nSPS) is 10.2. The summed E-state index contributed by atoms with van der Waals surface area (Å²) in [5, 5.41) is 3.44. The molecule has 0 radical (unpaired) electrons. The lowest BCUT2D eigenvalue weighted by Gasteiger charge is -1.94. The molecule has 0 spiro atoms. The van der Waals surface area contributed by atoms with E-state index in [1.807, 2.05) is 0 Å². The van der Waals surface area contributed by atoms with Crippen molar-refractivity contribution in [1.82, 2.24) is 10.1 Å². The third kappa shape index (κ3) is 1.35. The van der Waals surface area contributed by atoms with Crippen molar-refractivity contribution in [3.63, 3.8) is 0 Å². The predicted molar refractivity (Wildman–Crippen MR) is 44.1 cm³/mol. The van der Waals surface area contributed by atoms with Crippen LogP contribution >= 0.6 is 0 Å². The number of anilines is 1. The van der Waals surface area contributed by atoms with Crippen LogP contribution in [0, 0.1) is 5.95 Å². The molecule has 0 aliphatic carbocycles. The summed E-state index contributed by atoms with van der Waals surface area (Å²) in [6, 6.07) is 4.60. The molecule has 2 heterocycles. The van der Waals surface area contributed by atoms with E-state index in [0.717, 1.165) is 0 Å². The molecule has 0 atom stereocenters. The van der Waals surface area contributed by atoms with Crippen LogP contribution in [0.5, 0.6) is 0 Å². The molecular weight excluding hydrogens is 173 g/mol. The van der Waals surface area contributed by atoms with Gasteiger partial charge in [0.05, 0.1) is 5.56 Å². The van der Waals surface area contributed by atoms with Crippen LogP contribution in [-0.4, -0.2) is 10.1 Å². The minimum atomic E-state index is -0.598. The molecule has 0 bridgehead atoms. The van der Waals surface area contributed by atoms with Gasteiger partial charge in [0.25, 0.3) is 0 Å². The van der Waals surface area contributed by atoms with E-state index >= 15 is 0 Å².